The van der Waals surface area contributed by atoms with Crippen LogP contribution in [0.15, 0.2) is 43.1 Å². The molecule has 1 heterocycles. The molecule has 0 spiro atoms. The van der Waals surface area contributed by atoms with E-state index in [1.54, 1.807) is 6.08 Å². The summed E-state index contributed by atoms with van der Waals surface area (Å²) in [5.74, 6) is 0. The number of aromatic amines is 1. The first-order chi connectivity index (χ1) is 8.79. The summed E-state index contributed by atoms with van der Waals surface area (Å²) in [4.78, 5) is 14.5. The number of fused-ring (bicyclic) bond motifs is 1. The first-order valence-electron chi connectivity index (χ1n) is 5.98. The van der Waals surface area contributed by atoms with Gasteiger partial charge in [0.15, 0.2) is 0 Å². The lowest BCUT2D eigenvalue weighted by Crippen LogP contribution is -2.36. The Morgan fingerprint density at radius 3 is 3.06 bits per heavy atom. The lowest BCUT2D eigenvalue weighted by atomic mass is 10.1. The van der Waals surface area contributed by atoms with Crippen molar-refractivity contribution in [3.63, 3.8) is 0 Å². The molecule has 1 aromatic carbocycles. The van der Waals surface area contributed by atoms with Gasteiger partial charge in [-0.2, -0.15) is 0 Å². The number of rotatable bonds is 5. The summed E-state index contributed by atoms with van der Waals surface area (Å²) >= 11 is 0. The molecule has 18 heavy (non-hydrogen) atoms. The molecule has 2 aromatic rings. The molecular formula is C14H17N3O. The Balaban J connectivity index is 1.82. The third-order valence-electron chi connectivity index (χ3n) is 2.73. The molecule has 2 rings (SSSR count). The fourth-order valence-electron chi connectivity index (χ4n) is 1.80. The monoisotopic (exact) mass is 243 g/mol. The number of urea groups is 1. The average Bonchev–Trinajstić information content (AvgIpc) is 2.83. The number of hydrogen-bond donors (Lipinski definition) is 3. The quantitative estimate of drug-likeness (QED) is 0.693. The molecule has 0 aliphatic rings. The maximum atomic E-state index is 11.3. The van der Waals surface area contributed by atoms with Crippen LogP contribution in [0.5, 0.6) is 0 Å². The lowest BCUT2D eigenvalue weighted by molar-refractivity contribution is 0.242. The lowest BCUT2D eigenvalue weighted by Gasteiger charge is -2.06. The number of benzene rings is 1. The molecule has 0 saturated carbocycles. The molecule has 0 saturated heterocycles. The number of hydrogen-bond acceptors (Lipinski definition) is 1. The van der Waals surface area contributed by atoms with E-state index < -0.39 is 0 Å². The number of nitrogens with one attached hydrogen (secondary N) is 3. The molecule has 0 unspecified atom stereocenters. The molecule has 3 N–H and O–H groups in total. The van der Waals surface area contributed by atoms with E-state index in [2.05, 4.69) is 40.4 Å². The normalized spacial score (nSPS) is 10.2. The fourth-order valence-corrected chi connectivity index (χ4v) is 1.80. The van der Waals surface area contributed by atoms with Crippen LogP contribution in [0, 0.1) is 0 Å². The SMILES string of the molecule is C=CCNC(=O)NCCc1ccc2cc[nH]c2c1. The van der Waals surface area contributed by atoms with Gasteiger partial charge in [-0.05, 0) is 29.5 Å². The molecule has 94 valence electrons. The predicted molar refractivity (Wildman–Crippen MR) is 73.6 cm³/mol. The highest BCUT2D eigenvalue weighted by molar-refractivity contribution is 5.79. The van der Waals surface area contributed by atoms with Crippen LogP contribution in [-0.2, 0) is 6.42 Å². The third kappa shape index (κ3) is 3.13. The van der Waals surface area contributed by atoms with Gasteiger partial charge < -0.3 is 15.6 Å². The van der Waals surface area contributed by atoms with Crippen molar-refractivity contribution in [2.75, 3.05) is 13.1 Å². The van der Waals surface area contributed by atoms with Gasteiger partial charge in [-0.25, -0.2) is 4.79 Å². The number of H-pyrrole nitrogens is 1. The molecular weight excluding hydrogens is 226 g/mol. The molecule has 0 aliphatic heterocycles. The van der Waals surface area contributed by atoms with Gasteiger partial charge in [0.25, 0.3) is 0 Å². The second-order valence-corrected chi connectivity index (χ2v) is 4.07. The van der Waals surface area contributed by atoms with E-state index in [4.69, 9.17) is 0 Å². The summed E-state index contributed by atoms with van der Waals surface area (Å²) in [5, 5.41) is 6.67. The first kappa shape index (κ1) is 12.2. The van der Waals surface area contributed by atoms with Crippen molar-refractivity contribution in [3.05, 3.63) is 48.7 Å². The Hall–Kier alpha value is -2.23. The standard InChI is InChI=1S/C14H17N3O/c1-2-7-16-14(18)17-8-5-11-3-4-12-6-9-15-13(12)10-11/h2-4,6,9-10,15H,1,5,7-8H2,(H2,16,17,18). The zero-order valence-corrected chi connectivity index (χ0v) is 10.2. The molecule has 0 atom stereocenters. The predicted octanol–water partition coefficient (Wildman–Crippen LogP) is 2.20. The molecule has 1 aromatic heterocycles. The Kier molecular flexibility index (Phi) is 4.02. The maximum Gasteiger partial charge on any atom is 0.315 e. The number of carbonyl (C=O) groups is 1. The average molecular weight is 243 g/mol. The zero-order valence-electron chi connectivity index (χ0n) is 10.2. The van der Waals surface area contributed by atoms with E-state index in [1.165, 1.54) is 10.9 Å². The van der Waals surface area contributed by atoms with Gasteiger partial charge in [0.2, 0.25) is 0 Å². The van der Waals surface area contributed by atoms with Crippen LogP contribution in [0.1, 0.15) is 5.56 Å². The Morgan fingerprint density at radius 2 is 2.22 bits per heavy atom. The zero-order chi connectivity index (χ0) is 12.8. The summed E-state index contributed by atoms with van der Waals surface area (Å²) in [6.45, 7) is 4.64. The molecule has 4 heteroatoms. The van der Waals surface area contributed by atoms with E-state index in [-0.39, 0.29) is 6.03 Å². The van der Waals surface area contributed by atoms with Crippen LogP contribution in [0.25, 0.3) is 10.9 Å². The van der Waals surface area contributed by atoms with Crippen molar-refractivity contribution < 1.29 is 4.79 Å². The van der Waals surface area contributed by atoms with Gasteiger partial charge in [-0.15, -0.1) is 6.58 Å². The summed E-state index contributed by atoms with van der Waals surface area (Å²) in [7, 11) is 0. The van der Waals surface area contributed by atoms with Crippen LogP contribution < -0.4 is 10.6 Å². The largest absolute Gasteiger partial charge is 0.361 e. The van der Waals surface area contributed by atoms with E-state index >= 15 is 0 Å². The van der Waals surface area contributed by atoms with Crippen molar-refractivity contribution in [2.24, 2.45) is 0 Å². The maximum absolute atomic E-state index is 11.3. The fraction of sp³-hybridized carbons (Fsp3) is 0.214. The van der Waals surface area contributed by atoms with Gasteiger partial charge in [0.1, 0.15) is 0 Å². The number of carbonyl (C=O) groups excluding carboxylic acids is 1. The minimum atomic E-state index is -0.157. The topological polar surface area (TPSA) is 56.9 Å². The van der Waals surface area contributed by atoms with E-state index in [9.17, 15) is 4.79 Å². The van der Waals surface area contributed by atoms with Gasteiger partial charge in [0, 0.05) is 24.8 Å². The van der Waals surface area contributed by atoms with Crippen molar-refractivity contribution in [1.82, 2.24) is 15.6 Å². The van der Waals surface area contributed by atoms with Crippen LogP contribution in [-0.4, -0.2) is 24.1 Å². The van der Waals surface area contributed by atoms with Crippen LogP contribution in [0.3, 0.4) is 0 Å². The van der Waals surface area contributed by atoms with Crippen LogP contribution >= 0.6 is 0 Å². The van der Waals surface area contributed by atoms with E-state index in [1.807, 2.05) is 12.3 Å². The third-order valence-corrected chi connectivity index (χ3v) is 2.73. The van der Waals surface area contributed by atoms with E-state index in [0.29, 0.717) is 13.1 Å². The van der Waals surface area contributed by atoms with Crippen LogP contribution in [0.4, 0.5) is 4.79 Å². The minimum absolute atomic E-state index is 0.157. The Labute approximate surface area is 106 Å². The smallest absolute Gasteiger partial charge is 0.315 e. The van der Waals surface area contributed by atoms with Gasteiger partial charge in [-0.1, -0.05) is 18.2 Å². The highest BCUT2D eigenvalue weighted by Gasteiger charge is 2.00. The summed E-state index contributed by atoms with van der Waals surface area (Å²) in [6, 6.07) is 8.16. The molecule has 2 amide bonds. The Bertz CT molecular complexity index is 545. The van der Waals surface area contributed by atoms with Crippen molar-refractivity contribution in [1.29, 1.82) is 0 Å². The van der Waals surface area contributed by atoms with Crippen LogP contribution in [0.2, 0.25) is 0 Å². The van der Waals surface area contributed by atoms with Gasteiger partial charge >= 0.3 is 6.03 Å². The minimum Gasteiger partial charge on any atom is -0.361 e. The summed E-state index contributed by atoms with van der Waals surface area (Å²) in [6.07, 6.45) is 4.39. The van der Waals surface area contributed by atoms with Crippen molar-refractivity contribution in [3.8, 4) is 0 Å². The summed E-state index contributed by atoms with van der Waals surface area (Å²) in [5.41, 5.74) is 2.33. The number of amides is 2. The first-order valence-corrected chi connectivity index (χ1v) is 5.98. The van der Waals surface area contributed by atoms with Gasteiger partial charge in [0.05, 0.1) is 0 Å². The van der Waals surface area contributed by atoms with Crippen molar-refractivity contribution in [2.45, 2.75) is 6.42 Å². The molecule has 0 bridgehead atoms. The molecule has 0 radical (unpaired) electrons. The molecule has 0 fully saturated rings. The Morgan fingerprint density at radius 1 is 1.33 bits per heavy atom. The second kappa shape index (κ2) is 5.91. The summed E-state index contributed by atoms with van der Waals surface area (Å²) < 4.78 is 0. The number of aromatic nitrogens is 1. The van der Waals surface area contributed by atoms with Crippen molar-refractivity contribution >= 4 is 16.9 Å². The van der Waals surface area contributed by atoms with E-state index in [0.717, 1.165) is 11.9 Å². The highest BCUT2D eigenvalue weighted by Crippen LogP contribution is 2.14. The highest BCUT2D eigenvalue weighted by atomic mass is 16.2. The second-order valence-electron chi connectivity index (χ2n) is 4.07. The molecule has 4 nitrogen and oxygen atoms in total. The molecule has 0 aliphatic carbocycles. The van der Waals surface area contributed by atoms with Gasteiger partial charge in [-0.3, -0.25) is 0 Å².